The molecule has 1 saturated heterocycles. The molecule has 0 aliphatic carbocycles. The fourth-order valence-electron chi connectivity index (χ4n) is 3.64. The molecule has 1 aliphatic heterocycles. The molecule has 0 radical (unpaired) electrons. The summed E-state index contributed by atoms with van der Waals surface area (Å²) in [5.41, 5.74) is 1.34. The number of hydrogen-bond acceptors (Lipinski definition) is 3. The van der Waals surface area contributed by atoms with Gasteiger partial charge in [0.15, 0.2) is 5.96 Å². The normalized spacial score (nSPS) is 16.9. The fraction of sp³-hybridized carbons (Fsp3) is 0.652. The maximum Gasteiger partial charge on any atom is 0.225 e. The fourth-order valence-corrected chi connectivity index (χ4v) is 3.64. The van der Waals surface area contributed by atoms with Crippen molar-refractivity contribution in [1.82, 2.24) is 20.4 Å². The summed E-state index contributed by atoms with van der Waals surface area (Å²) in [7, 11) is 3.99. The van der Waals surface area contributed by atoms with E-state index in [1.807, 2.05) is 25.8 Å². The van der Waals surface area contributed by atoms with Crippen LogP contribution in [0.2, 0.25) is 0 Å². The summed E-state index contributed by atoms with van der Waals surface area (Å²) >= 11 is 0. The standard InChI is InChI=1S/C23H39N5O/c1-18(2)22(29)28-15-12-21(13-16-28)26-23(24-4)25-14-11-19(3)27(5)17-20-9-7-6-8-10-20/h6-10,18-19,21H,11-17H2,1-5H3,(H2,24,25,26). The predicted octanol–water partition coefficient (Wildman–Crippen LogP) is 2.71. The molecule has 29 heavy (non-hydrogen) atoms. The zero-order chi connectivity index (χ0) is 21.2. The van der Waals surface area contributed by atoms with Gasteiger partial charge in [0.1, 0.15) is 0 Å². The SMILES string of the molecule is CN=C(NCCC(C)N(C)Cc1ccccc1)NC1CCN(C(=O)C(C)C)CC1. The van der Waals surface area contributed by atoms with Gasteiger partial charge in [-0.1, -0.05) is 44.2 Å². The molecule has 6 nitrogen and oxygen atoms in total. The summed E-state index contributed by atoms with van der Waals surface area (Å²) in [6, 6.07) is 11.4. The number of nitrogens with zero attached hydrogens (tertiary/aromatic N) is 3. The van der Waals surface area contributed by atoms with E-state index in [2.05, 4.69) is 64.8 Å². The highest BCUT2D eigenvalue weighted by Crippen LogP contribution is 2.13. The monoisotopic (exact) mass is 401 g/mol. The zero-order valence-corrected chi connectivity index (χ0v) is 18.8. The van der Waals surface area contributed by atoms with Gasteiger partial charge in [0.05, 0.1) is 0 Å². The van der Waals surface area contributed by atoms with E-state index in [4.69, 9.17) is 0 Å². The Hall–Kier alpha value is -2.08. The smallest absolute Gasteiger partial charge is 0.225 e. The number of amides is 1. The number of aliphatic imine (C=N–C) groups is 1. The Morgan fingerprint density at radius 3 is 2.45 bits per heavy atom. The average Bonchev–Trinajstić information content (AvgIpc) is 2.73. The highest BCUT2D eigenvalue weighted by molar-refractivity contribution is 5.80. The number of piperidine rings is 1. The Balaban J connectivity index is 1.68. The van der Waals surface area contributed by atoms with Gasteiger partial charge >= 0.3 is 0 Å². The molecule has 1 atom stereocenters. The van der Waals surface area contributed by atoms with Crippen molar-refractivity contribution < 1.29 is 4.79 Å². The third-order valence-electron chi connectivity index (χ3n) is 5.75. The van der Waals surface area contributed by atoms with Gasteiger partial charge in [-0.25, -0.2) is 0 Å². The van der Waals surface area contributed by atoms with Crippen molar-refractivity contribution >= 4 is 11.9 Å². The van der Waals surface area contributed by atoms with Gasteiger partial charge in [-0.3, -0.25) is 14.7 Å². The van der Waals surface area contributed by atoms with Crippen molar-refractivity contribution in [2.75, 3.05) is 33.7 Å². The first-order valence-corrected chi connectivity index (χ1v) is 10.9. The molecule has 1 aromatic carbocycles. The van der Waals surface area contributed by atoms with Crippen molar-refractivity contribution in [2.45, 2.75) is 58.7 Å². The second-order valence-corrected chi connectivity index (χ2v) is 8.44. The number of nitrogens with one attached hydrogen (secondary N) is 2. The molecular weight excluding hydrogens is 362 g/mol. The summed E-state index contributed by atoms with van der Waals surface area (Å²) < 4.78 is 0. The first-order chi connectivity index (χ1) is 13.9. The quantitative estimate of drug-likeness (QED) is 0.519. The van der Waals surface area contributed by atoms with Crippen LogP contribution in [0.4, 0.5) is 0 Å². The minimum absolute atomic E-state index is 0.0796. The topological polar surface area (TPSA) is 60.0 Å². The number of hydrogen-bond donors (Lipinski definition) is 2. The van der Waals surface area contributed by atoms with Crippen LogP contribution in [0.3, 0.4) is 0 Å². The van der Waals surface area contributed by atoms with E-state index >= 15 is 0 Å². The largest absolute Gasteiger partial charge is 0.356 e. The molecule has 2 rings (SSSR count). The maximum atomic E-state index is 12.1. The molecule has 0 aromatic heterocycles. The number of rotatable bonds is 8. The summed E-state index contributed by atoms with van der Waals surface area (Å²) in [6.07, 6.45) is 2.98. The summed E-state index contributed by atoms with van der Waals surface area (Å²) in [6.45, 7) is 9.70. The van der Waals surface area contributed by atoms with Crippen molar-refractivity contribution in [2.24, 2.45) is 10.9 Å². The lowest BCUT2D eigenvalue weighted by Crippen LogP contribution is -2.50. The van der Waals surface area contributed by atoms with E-state index in [1.165, 1.54) is 5.56 Å². The number of benzene rings is 1. The minimum Gasteiger partial charge on any atom is -0.356 e. The molecule has 1 fully saturated rings. The van der Waals surface area contributed by atoms with Gasteiger partial charge in [-0.15, -0.1) is 0 Å². The Morgan fingerprint density at radius 1 is 1.21 bits per heavy atom. The van der Waals surface area contributed by atoms with Crippen LogP contribution in [-0.2, 0) is 11.3 Å². The van der Waals surface area contributed by atoms with Crippen LogP contribution in [0.15, 0.2) is 35.3 Å². The summed E-state index contributed by atoms with van der Waals surface area (Å²) in [5.74, 6) is 1.20. The second-order valence-electron chi connectivity index (χ2n) is 8.44. The van der Waals surface area contributed by atoms with E-state index in [1.54, 1.807) is 0 Å². The Labute approximate surface area is 176 Å². The van der Waals surface area contributed by atoms with Crippen molar-refractivity contribution in [3.63, 3.8) is 0 Å². The highest BCUT2D eigenvalue weighted by Gasteiger charge is 2.24. The van der Waals surface area contributed by atoms with Crippen molar-refractivity contribution in [1.29, 1.82) is 0 Å². The molecule has 6 heteroatoms. The Bertz CT molecular complexity index is 638. The van der Waals surface area contributed by atoms with E-state index in [0.717, 1.165) is 51.4 Å². The molecule has 0 saturated carbocycles. The van der Waals surface area contributed by atoms with Crippen LogP contribution >= 0.6 is 0 Å². The minimum atomic E-state index is 0.0796. The van der Waals surface area contributed by atoms with E-state index in [0.29, 0.717) is 12.1 Å². The molecule has 1 amide bonds. The molecular formula is C23H39N5O. The van der Waals surface area contributed by atoms with E-state index < -0.39 is 0 Å². The van der Waals surface area contributed by atoms with Crippen molar-refractivity contribution in [3.05, 3.63) is 35.9 Å². The van der Waals surface area contributed by atoms with Gasteiger partial charge < -0.3 is 15.5 Å². The van der Waals surface area contributed by atoms with Crippen molar-refractivity contribution in [3.8, 4) is 0 Å². The van der Waals surface area contributed by atoms with E-state index in [-0.39, 0.29) is 11.8 Å². The first-order valence-electron chi connectivity index (χ1n) is 10.9. The third-order valence-corrected chi connectivity index (χ3v) is 5.75. The van der Waals surface area contributed by atoms with Gasteiger partial charge in [0, 0.05) is 51.2 Å². The Kier molecular flexibility index (Phi) is 9.45. The molecule has 162 valence electrons. The highest BCUT2D eigenvalue weighted by atomic mass is 16.2. The lowest BCUT2D eigenvalue weighted by atomic mass is 10.0. The summed E-state index contributed by atoms with van der Waals surface area (Å²) in [5, 5.41) is 6.97. The van der Waals surface area contributed by atoms with Gasteiger partial charge in [-0.2, -0.15) is 0 Å². The van der Waals surface area contributed by atoms with Crippen LogP contribution in [0, 0.1) is 5.92 Å². The number of carbonyl (C=O) groups is 1. The molecule has 1 aromatic rings. The summed E-state index contributed by atoms with van der Waals surface area (Å²) in [4.78, 5) is 20.9. The molecule has 0 spiro atoms. The molecule has 1 heterocycles. The van der Waals surface area contributed by atoms with Crippen LogP contribution in [0.25, 0.3) is 0 Å². The number of likely N-dealkylation sites (tertiary alicyclic amines) is 1. The zero-order valence-electron chi connectivity index (χ0n) is 18.8. The van der Waals surface area contributed by atoms with Gasteiger partial charge in [0.25, 0.3) is 0 Å². The molecule has 2 N–H and O–H groups in total. The number of carbonyl (C=O) groups excluding carboxylic acids is 1. The van der Waals surface area contributed by atoms with Crippen LogP contribution in [0.5, 0.6) is 0 Å². The average molecular weight is 402 g/mol. The lowest BCUT2D eigenvalue weighted by molar-refractivity contribution is -0.135. The maximum absolute atomic E-state index is 12.1. The molecule has 1 aliphatic rings. The van der Waals surface area contributed by atoms with Crippen LogP contribution in [0.1, 0.15) is 45.6 Å². The van der Waals surface area contributed by atoms with Crippen LogP contribution in [-0.4, -0.2) is 67.5 Å². The van der Waals surface area contributed by atoms with E-state index in [9.17, 15) is 4.79 Å². The van der Waals surface area contributed by atoms with Crippen LogP contribution < -0.4 is 10.6 Å². The van der Waals surface area contributed by atoms with Gasteiger partial charge in [-0.05, 0) is 38.8 Å². The van der Waals surface area contributed by atoms with Gasteiger partial charge in [0.2, 0.25) is 5.91 Å². The molecule has 0 bridgehead atoms. The lowest BCUT2D eigenvalue weighted by Gasteiger charge is -2.34. The predicted molar refractivity (Wildman–Crippen MR) is 121 cm³/mol. The molecule has 1 unspecified atom stereocenters. The number of guanidine groups is 1. The Morgan fingerprint density at radius 2 is 1.86 bits per heavy atom. The first kappa shape index (κ1) is 23.2. The second kappa shape index (κ2) is 11.8. The third kappa shape index (κ3) is 7.69.